The predicted octanol–water partition coefficient (Wildman–Crippen LogP) is 1.28. The minimum atomic E-state index is -0.391. The molecular formula is C13H14N4O3. The van der Waals surface area contributed by atoms with Gasteiger partial charge >= 0.3 is 6.03 Å². The number of ether oxygens (including phenoxy) is 1. The molecule has 0 bridgehead atoms. The fourth-order valence-corrected chi connectivity index (χ4v) is 2.22. The van der Waals surface area contributed by atoms with E-state index in [1.165, 1.54) is 4.68 Å². The minimum Gasteiger partial charge on any atom is -0.359 e. The van der Waals surface area contributed by atoms with Gasteiger partial charge in [-0.3, -0.25) is 9.69 Å². The lowest BCUT2D eigenvalue weighted by Crippen LogP contribution is -2.46. The quantitative estimate of drug-likeness (QED) is 0.732. The summed E-state index contributed by atoms with van der Waals surface area (Å²) < 4.78 is 6.54. The highest BCUT2D eigenvalue weighted by Gasteiger charge is 2.38. The van der Waals surface area contributed by atoms with Gasteiger partial charge in [-0.05, 0) is 32.0 Å². The molecule has 7 heteroatoms. The first-order valence-corrected chi connectivity index (χ1v) is 6.23. The summed E-state index contributed by atoms with van der Waals surface area (Å²) in [5.41, 5.74) is 1.17. The topological polar surface area (TPSA) is 77.3 Å². The summed E-state index contributed by atoms with van der Waals surface area (Å²) in [5.74, 6) is 0. The number of carbonyl (C=O) groups excluding carboxylic acids is 2. The molecule has 3 rings (SSSR count). The van der Waals surface area contributed by atoms with E-state index in [1.807, 2.05) is 13.8 Å². The van der Waals surface area contributed by atoms with E-state index in [-0.39, 0.29) is 12.8 Å². The Balaban J connectivity index is 2.05. The first-order valence-electron chi connectivity index (χ1n) is 6.23. The molecule has 1 fully saturated rings. The van der Waals surface area contributed by atoms with E-state index in [4.69, 9.17) is 4.74 Å². The van der Waals surface area contributed by atoms with Crippen LogP contribution in [0.15, 0.2) is 18.2 Å². The summed E-state index contributed by atoms with van der Waals surface area (Å²) in [4.78, 5) is 25.0. The first-order chi connectivity index (χ1) is 9.53. The zero-order valence-corrected chi connectivity index (χ0v) is 11.2. The molecule has 1 aliphatic rings. The maximum atomic E-state index is 12.6. The Hall–Kier alpha value is -2.28. The van der Waals surface area contributed by atoms with Crippen LogP contribution in [0.5, 0.6) is 0 Å². The number of amides is 1. The van der Waals surface area contributed by atoms with Crippen LogP contribution in [0.4, 0.5) is 4.79 Å². The molecule has 1 amide bonds. The Morgan fingerprint density at radius 1 is 1.45 bits per heavy atom. The molecule has 2 heterocycles. The molecule has 20 heavy (non-hydrogen) atoms. The fourth-order valence-electron chi connectivity index (χ4n) is 2.22. The lowest BCUT2D eigenvalue weighted by Gasteiger charge is -2.28. The van der Waals surface area contributed by atoms with Crippen molar-refractivity contribution in [1.29, 1.82) is 0 Å². The van der Waals surface area contributed by atoms with E-state index in [2.05, 4.69) is 10.3 Å². The lowest BCUT2D eigenvalue weighted by molar-refractivity contribution is 0.112. The number of hydrogen-bond donors (Lipinski definition) is 0. The second-order valence-corrected chi connectivity index (χ2v) is 5.37. The van der Waals surface area contributed by atoms with Crippen molar-refractivity contribution in [3.8, 4) is 0 Å². The predicted molar refractivity (Wildman–Crippen MR) is 70.4 cm³/mol. The largest absolute Gasteiger partial charge is 0.359 e. The molecule has 1 saturated heterocycles. The van der Waals surface area contributed by atoms with Crippen molar-refractivity contribution in [2.45, 2.75) is 19.4 Å². The van der Waals surface area contributed by atoms with Crippen molar-refractivity contribution in [3.05, 3.63) is 23.8 Å². The molecule has 1 aromatic heterocycles. The van der Waals surface area contributed by atoms with E-state index in [9.17, 15) is 9.59 Å². The number of fused-ring (bicyclic) bond motifs is 1. The molecule has 0 unspecified atom stereocenters. The average Bonchev–Trinajstić information content (AvgIpc) is 3.00. The van der Waals surface area contributed by atoms with Gasteiger partial charge in [0.05, 0.1) is 12.1 Å². The van der Waals surface area contributed by atoms with Crippen molar-refractivity contribution in [1.82, 2.24) is 19.9 Å². The van der Waals surface area contributed by atoms with Gasteiger partial charge in [0.2, 0.25) is 0 Å². The van der Waals surface area contributed by atoms with Crippen LogP contribution in [-0.2, 0) is 4.74 Å². The van der Waals surface area contributed by atoms with E-state index in [0.29, 0.717) is 23.2 Å². The molecule has 0 radical (unpaired) electrons. The van der Waals surface area contributed by atoms with Crippen LogP contribution in [0.25, 0.3) is 11.0 Å². The molecule has 1 aliphatic heterocycles. The average molecular weight is 274 g/mol. The number of aromatic nitrogens is 3. The second kappa shape index (κ2) is 4.38. The number of aldehydes is 1. The highest BCUT2D eigenvalue weighted by Crippen LogP contribution is 2.23. The lowest BCUT2D eigenvalue weighted by atomic mass is 10.1. The van der Waals surface area contributed by atoms with Crippen LogP contribution in [0, 0.1) is 0 Å². The summed E-state index contributed by atoms with van der Waals surface area (Å²) in [6, 6.07) is 4.60. The molecule has 1 aromatic carbocycles. The molecule has 7 nitrogen and oxygen atoms in total. The van der Waals surface area contributed by atoms with E-state index < -0.39 is 5.54 Å². The highest BCUT2D eigenvalue weighted by molar-refractivity contribution is 5.91. The van der Waals surface area contributed by atoms with Gasteiger partial charge in [-0.2, -0.15) is 4.68 Å². The molecule has 2 aromatic rings. The van der Waals surface area contributed by atoms with Gasteiger partial charge < -0.3 is 4.74 Å². The van der Waals surface area contributed by atoms with Crippen LogP contribution < -0.4 is 0 Å². The smallest absolute Gasteiger partial charge is 0.349 e. The van der Waals surface area contributed by atoms with Crippen molar-refractivity contribution >= 4 is 23.4 Å². The first kappa shape index (κ1) is 12.7. The number of benzene rings is 1. The van der Waals surface area contributed by atoms with Gasteiger partial charge in [0.15, 0.2) is 0 Å². The Morgan fingerprint density at radius 2 is 2.25 bits per heavy atom. The third-order valence-electron chi connectivity index (χ3n) is 3.42. The van der Waals surface area contributed by atoms with Crippen molar-refractivity contribution in [3.63, 3.8) is 0 Å². The van der Waals surface area contributed by atoms with Crippen molar-refractivity contribution in [2.75, 3.05) is 13.3 Å². The van der Waals surface area contributed by atoms with Gasteiger partial charge in [0.1, 0.15) is 24.1 Å². The fraction of sp³-hybridized carbons (Fsp3) is 0.385. The summed E-state index contributed by atoms with van der Waals surface area (Å²) in [7, 11) is 0. The van der Waals surface area contributed by atoms with Gasteiger partial charge in [0, 0.05) is 5.56 Å². The molecule has 0 atom stereocenters. The minimum absolute atomic E-state index is 0.223. The summed E-state index contributed by atoms with van der Waals surface area (Å²) >= 11 is 0. The molecule has 0 N–H and O–H groups in total. The third kappa shape index (κ3) is 1.87. The number of carbonyl (C=O) groups is 2. The van der Waals surface area contributed by atoms with Crippen LogP contribution in [0.3, 0.4) is 0 Å². The highest BCUT2D eigenvalue weighted by atomic mass is 16.5. The number of hydrogen-bond acceptors (Lipinski definition) is 5. The monoisotopic (exact) mass is 274 g/mol. The second-order valence-electron chi connectivity index (χ2n) is 5.37. The number of rotatable bonds is 1. The van der Waals surface area contributed by atoms with Crippen molar-refractivity contribution in [2.24, 2.45) is 0 Å². The standard InChI is InChI=1S/C13H14N4O3/c1-13(2)7-20-8-16(13)12(19)17-11-5-9(6-18)3-4-10(11)14-15-17/h3-6H,7-8H2,1-2H3. The van der Waals surface area contributed by atoms with Crippen LogP contribution in [0.2, 0.25) is 0 Å². The SMILES string of the molecule is CC1(C)COCN1C(=O)n1nnc2ccc(C=O)cc21. The van der Waals surface area contributed by atoms with Gasteiger partial charge in [-0.1, -0.05) is 5.21 Å². The zero-order valence-electron chi connectivity index (χ0n) is 11.2. The molecule has 104 valence electrons. The maximum Gasteiger partial charge on any atom is 0.349 e. The Labute approximate surface area is 115 Å². The molecule has 0 saturated carbocycles. The van der Waals surface area contributed by atoms with Gasteiger partial charge in [-0.15, -0.1) is 5.10 Å². The molecule has 0 aliphatic carbocycles. The Kier molecular flexibility index (Phi) is 2.79. The van der Waals surface area contributed by atoms with Gasteiger partial charge in [0.25, 0.3) is 0 Å². The summed E-state index contributed by atoms with van der Waals surface area (Å²) in [5, 5.41) is 7.83. The van der Waals surface area contributed by atoms with Crippen LogP contribution in [-0.4, -0.2) is 51.1 Å². The van der Waals surface area contributed by atoms with E-state index in [1.54, 1.807) is 23.1 Å². The van der Waals surface area contributed by atoms with Crippen LogP contribution >= 0.6 is 0 Å². The van der Waals surface area contributed by atoms with Gasteiger partial charge in [-0.25, -0.2) is 4.79 Å². The van der Waals surface area contributed by atoms with Crippen molar-refractivity contribution < 1.29 is 14.3 Å². The summed E-state index contributed by atoms with van der Waals surface area (Å²) in [6.45, 7) is 4.55. The van der Waals surface area contributed by atoms with Crippen LogP contribution in [0.1, 0.15) is 24.2 Å². The third-order valence-corrected chi connectivity index (χ3v) is 3.42. The Bertz CT molecular complexity index is 692. The molecule has 0 spiro atoms. The molecular weight excluding hydrogens is 260 g/mol. The van der Waals surface area contributed by atoms with E-state index in [0.717, 1.165) is 6.29 Å². The maximum absolute atomic E-state index is 12.6. The normalized spacial score (nSPS) is 17.6. The Morgan fingerprint density at radius 3 is 2.90 bits per heavy atom. The number of nitrogens with zero attached hydrogens (tertiary/aromatic N) is 4. The zero-order chi connectivity index (χ0) is 14.3. The summed E-state index contributed by atoms with van der Waals surface area (Å²) in [6.07, 6.45) is 0.726. The van der Waals surface area contributed by atoms with E-state index >= 15 is 0 Å².